The third-order valence-electron chi connectivity index (χ3n) is 3.13. The first-order valence-electron chi connectivity index (χ1n) is 6.99. The number of rotatable bonds is 6. The zero-order valence-corrected chi connectivity index (χ0v) is 12.9. The minimum atomic E-state index is 0.638. The van der Waals surface area contributed by atoms with Gasteiger partial charge in [0.25, 0.3) is 0 Å². The Bertz CT molecular complexity index is 592. The molecule has 112 valence electrons. The van der Waals surface area contributed by atoms with Gasteiger partial charge in [-0.25, -0.2) is 9.97 Å². The Morgan fingerprint density at radius 2 is 1.76 bits per heavy atom. The van der Waals surface area contributed by atoms with Gasteiger partial charge in [-0.15, -0.1) is 0 Å². The molecule has 1 aromatic carbocycles. The van der Waals surface area contributed by atoms with Crippen molar-refractivity contribution in [3.05, 3.63) is 30.0 Å². The average Bonchev–Trinajstić information content (AvgIpc) is 2.53. The van der Waals surface area contributed by atoms with E-state index in [9.17, 15) is 0 Å². The minimum Gasteiger partial charge on any atom is -0.497 e. The van der Waals surface area contributed by atoms with Gasteiger partial charge in [-0.05, 0) is 31.0 Å². The molecule has 0 fully saturated rings. The molecule has 1 N–H and O–H groups in total. The summed E-state index contributed by atoms with van der Waals surface area (Å²) in [7, 11) is 3.28. The zero-order valence-electron chi connectivity index (χ0n) is 12.9. The first kappa shape index (κ1) is 15.1. The highest BCUT2D eigenvalue weighted by atomic mass is 16.5. The second kappa shape index (κ2) is 6.92. The van der Waals surface area contributed by atoms with E-state index in [4.69, 9.17) is 9.47 Å². The number of hydrogen-bond donors (Lipinski definition) is 1. The molecule has 0 aliphatic carbocycles. The van der Waals surface area contributed by atoms with Crippen molar-refractivity contribution in [3.63, 3.8) is 0 Å². The average molecular weight is 287 g/mol. The molecule has 1 heterocycles. The predicted molar refractivity (Wildman–Crippen MR) is 84.1 cm³/mol. The molecule has 0 radical (unpaired) electrons. The molecule has 0 atom stereocenters. The highest BCUT2D eigenvalue weighted by molar-refractivity contribution is 5.67. The maximum atomic E-state index is 5.31. The lowest BCUT2D eigenvalue weighted by atomic mass is 10.1. The molecular formula is C16H21N3O2. The molecule has 0 unspecified atom stereocenters. The van der Waals surface area contributed by atoms with E-state index in [0.717, 1.165) is 41.3 Å². The molecular weight excluding hydrogens is 266 g/mol. The van der Waals surface area contributed by atoms with Gasteiger partial charge in [-0.3, -0.25) is 0 Å². The summed E-state index contributed by atoms with van der Waals surface area (Å²) < 4.78 is 10.6. The molecule has 2 rings (SSSR count). The van der Waals surface area contributed by atoms with E-state index in [-0.39, 0.29) is 0 Å². The molecule has 5 nitrogen and oxygen atoms in total. The molecule has 2 aromatic rings. The Morgan fingerprint density at radius 1 is 1.10 bits per heavy atom. The summed E-state index contributed by atoms with van der Waals surface area (Å²) in [6.07, 6.45) is 2.85. The normalized spacial score (nSPS) is 10.3. The topological polar surface area (TPSA) is 56.3 Å². The number of anilines is 1. The van der Waals surface area contributed by atoms with Crippen molar-refractivity contribution in [1.29, 1.82) is 0 Å². The molecule has 0 bridgehead atoms. The van der Waals surface area contributed by atoms with Gasteiger partial charge in [-0.1, -0.05) is 6.92 Å². The molecule has 5 heteroatoms. The lowest BCUT2D eigenvalue weighted by molar-refractivity contribution is 0.394. The third kappa shape index (κ3) is 3.62. The summed E-state index contributed by atoms with van der Waals surface area (Å²) in [6.45, 7) is 4.95. The lowest BCUT2D eigenvalue weighted by Gasteiger charge is -2.11. The van der Waals surface area contributed by atoms with Crippen LogP contribution in [-0.4, -0.2) is 30.7 Å². The second-order valence-electron chi connectivity index (χ2n) is 4.75. The number of ether oxygens (including phenoxy) is 2. The molecule has 0 amide bonds. The van der Waals surface area contributed by atoms with Gasteiger partial charge in [0.05, 0.1) is 19.9 Å². The van der Waals surface area contributed by atoms with Gasteiger partial charge in [-0.2, -0.15) is 0 Å². The van der Waals surface area contributed by atoms with Crippen molar-refractivity contribution in [2.75, 3.05) is 26.1 Å². The fourth-order valence-corrected chi connectivity index (χ4v) is 2.00. The quantitative estimate of drug-likeness (QED) is 0.883. The van der Waals surface area contributed by atoms with Crippen molar-refractivity contribution < 1.29 is 9.47 Å². The van der Waals surface area contributed by atoms with E-state index in [1.807, 2.05) is 31.3 Å². The standard InChI is InChI=1S/C16H21N3O2/c1-5-6-17-16-18-10-11(2)15(19-16)12-7-13(20-3)9-14(8-12)21-4/h7-10H,5-6H2,1-4H3,(H,17,18,19). The number of methoxy groups -OCH3 is 2. The fourth-order valence-electron chi connectivity index (χ4n) is 2.00. The predicted octanol–water partition coefficient (Wildman–Crippen LogP) is 3.29. The second-order valence-corrected chi connectivity index (χ2v) is 4.75. The SMILES string of the molecule is CCCNc1ncc(C)c(-c2cc(OC)cc(OC)c2)n1. The largest absolute Gasteiger partial charge is 0.497 e. The number of hydrogen-bond acceptors (Lipinski definition) is 5. The molecule has 0 spiro atoms. The van der Waals surface area contributed by atoms with Crippen LogP contribution < -0.4 is 14.8 Å². The summed E-state index contributed by atoms with van der Waals surface area (Å²) in [6, 6.07) is 5.74. The summed E-state index contributed by atoms with van der Waals surface area (Å²) in [5, 5.41) is 3.20. The fraction of sp³-hybridized carbons (Fsp3) is 0.375. The van der Waals surface area contributed by atoms with Crippen LogP contribution in [0.2, 0.25) is 0 Å². The molecule has 21 heavy (non-hydrogen) atoms. The number of benzene rings is 1. The maximum absolute atomic E-state index is 5.31. The van der Waals surface area contributed by atoms with E-state index < -0.39 is 0 Å². The maximum Gasteiger partial charge on any atom is 0.223 e. The van der Waals surface area contributed by atoms with Crippen LogP contribution in [0.15, 0.2) is 24.4 Å². The third-order valence-corrected chi connectivity index (χ3v) is 3.13. The van der Waals surface area contributed by atoms with Gasteiger partial charge >= 0.3 is 0 Å². The van der Waals surface area contributed by atoms with Crippen LogP contribution in [0.5, 0.6) is 11.5 Å². The number of aryl methyl sites for hydroxylation is 1. The van der Waals surface area contributed by atoms with E-state index in [1.54, 1.807) is 14.2 Å². The monoisotopic (exact) mass is 287 g/mol. The Kier molecular flexibility index (Phi) is 4.98. The van der Waals surface area contributed by atoms with Gasteiger partial charge in [0.1, 0.15) is 11.5 Å². The number of aromatic nitrogens is 2. The van der Waals surface area contributed by atoms with Crippen LogP contribution in [0, 0.1) is 6.92 Å². The summed E-state index contributed by atoms with van der Waals surface area (Å²) in [5.74, 6) is 2.12. The summed E-state index contributed by atoms with van der Waals surface area (Å²) in [4.78, 5) is 8.90. The van der Waals surface area contributed by atoms with Crippen LogP contribution in [-0.2, 0) is 0 Å². The van der Waals surface area contributed by atoms with Crippen LogP contribution in [0.4, 0.5) is 5.95 Å². The van der Waals surface area contributed by atoms with Crippen molar-refractivity contribution in [1.82, 2.24) is 9.97 Å². The van der Waals surface area contributed by atoms with E-state index in [2.05, 4.69) is 22.2 Å². The van der Waals surface area contributed by atoms with Gasteiger partial charge < -0.3 is 14.8 Å². The van der Waals surface area contributed by atoms with Crippen molar-refractivity contribution >= 4 is 5.95 Å². The van der Waals surface area contributed by atoms with Crippen molar-refractivity contribution in [2.24, 2.45) is 0 Å². The number of nitrogens with zero attached hydrogens (tertiary/aromatic N) is 2. The highest BCUT2D eigenvalue weighted by Gasteiger charge is 2.10. The molecule has 0 aliphatic heterocycles. The van der Waals surface area contributed by atoms with Crippen LogP contribution in [0.3, 0.4) is 0 Å². The Morgan fingerprint density at radius 3 is 2.33 bits per heavy atom. The van der Waals surface area contributed by atoms with E-state index >= 15 is 0 Å². The molecule has 1 aromatic heterocycles. The first-order chi connectivity index (χ1) is 10.2. The Balaban J connectivity index is 2.44. The Hall–Kier alpha value is -2.30. The number of nitrogens with one attached hydrogen (secondary N) is 1. The highest BCUT2D eigenvalue weighted by Crippen LogP contribution is 2.30. The van der Waals surface area contributed by atoms with Crippen LogP contribution >= 0.6 is 0 Å². The van der Waals surface area contributed by atoms with E-state index in [0.29, 0.717) is 5.95 Å². The smallest absolute Gasteiger partial charge is 0.223 e. The first-order valence-corrected chi connectivity index (χ1v) is 6.99. The van der Waals surface area contributed by atoms with Gasteiger partial charge in [0.2, 0.25) is 5.95 Å². The van der Waals surface area contributed by atoms with Crippen molar-refractivity contribution in [2.45, 2.75) is 20.3 Å². The molecule has 0 aliphatic rings. The Labute approximate surface area is 125 Å². The lowest BCUT2D eigenvalue weighted by Crippen LogP contribution is -2.05. The summed E-state index contributed by atoms with van der Waals surface area (Å²) in [5.41, 5.74) is 2.83. The van der Waals surface area contributed by atoms with Gasteiger partial charge in [0.15, 0.2) is 0 Å². The van der Waals surface area contributed by atoms with Crippen LogP contribution in [0.1, 0.15) is 18.9 Å². The zero-order chi connectivity index (χ0) is 15.2. The van der Waals surface area contributed by atoms with Crippen LogP contribution in [0.25, 0.3) is 11.3 Å². The summed E-state index contributed by atoms with van der Waals surface area (Å²) >= 11 is 0. The minimum absolute atomic E-state index is 0.638. The molecule has 0 saturated heterocycles. The van der Waals surface area contributed by atoms with E-state index in [1.165, 1.54) is 0 Å². The molecule has 0 saturated carbocycles. The van der Waals surface area contributed by atoms with Crippen molar-refractivity contribution in [3.8, 4) is 22.8 Å². The van der Waals surface area contributed by atoms with Gasteiger partial charge in [0, 0.05) is 24.4 Å².